The Labute approximate surface area is 153 Å². The van der Waals surface area contributed by atoms with Crippen LogP contribution in [0.15, 0.2) is 66.1 Å². The minimum absolute atomic E-state index is 0.0306. The fraction of sp³-hybridized carbons (Fsp3) is 0.211. The largest absolute Gasteiger partial charge is 0.492 e. The molecule has 0 heterocycles. The topological polar surface area (TPSA) is 84.5 Å². The summed E-state index contributed by atoms with van der Waals surface area (Å²) in [5.41, 5.74) is 1.36. The van der Waals surface area contributed by atoms with Crippen molar-refractivity contribution in [2.24, 2.45) is 0 Å². The summed E-state index contributed by atoms with van der Waals surface area (Å²) in [6.07, 6.45) is 1.45. The van der Waals surface area contributed by atoms with Gasteiger partial charge in [-0.1, -0.05) is 24.3 Å². The predicted octanol–water partition coefficient (Wildman–Crippen LogP) is 2.27. The van der Waals surface area contributed by atoms with Crippen molar-refractivity contribution in [1.29, 1.82) is 0 Å². The fourth-order valence-corrected chi connectivity index (χ4v) is 3.24. The Morgan fingerprint density at radius 1 is 1.19 bits per heavy atom. The van der Waals surface area contributed by atoms with Crippen LogP contribution in [0.4, 0.5) is 0 Å². The van der Waals surface area contributed by atoms with Gasteiger partial charge in [0.15, 0.2) is 0 Å². The first-order valence-electron chi connectivity index (χ1n) is 8.10. The maximum absolute atomic E-state index is 12.2. The van der Waals surface area contributed by atoms with Crippen LogP contribution < -0.4 is 14.8 Å². The van der Waals surface area contributed by atoms with E-state index in [0.717, 1.165) is 11.3 Å². The Kier molecular flexibility index (Phi) is 6.94. The Bertz CT molecular complexity index is 879. The summed E-state index contributed by atoms with van der Waals surface area (Å²) in [6.45, 7) is 6.18. The third-order valence-electron chi connectivity index (χ3n) is 3.47. The average molecular weight is 374 g/mol. The highest BCUT2D eigenvalue weighted by Gasteiger charge is 2.15. The Morgan fingerprint density at radius 3 is 2.69 bits per heavy atom. The van der Waals surface area contributed by atoms with Crippen molar-refractivity contribution in [3.63, 3.8) is 0 Å². The molecular formula is C19H22N2O4S. The van der Waals surface area contributed by atoms with E-state index in [9.17, 15) is 13.2 Å². The van der Waals surface area contributed by atoms with Crippen LogP contribution >= 0.6 is 0 Å². The number of sulfonamides is 1. The lowest BCUT2D eigenvalue weighted by atomic mass is 10.2. The van der Waals surface area contributed by atoms with Crippen LogP contribution in [-0.2, 0) is 10.0 Å². The molecule has 0 aliphatic carbocycles. The molecule has 0 bridgehead atoms. The maximum Gasteiger partial charge on any atom is 0.251 e. The highest BCUT2D eigenvalue weighted by molar-refractivity contribution is 7.89. The molecule has 0 spiro atoms. The highest BCUT2D eigenvalue weighted by atomic mass is 32.2. The molecule has 0 aliphatic heterocycles. The molecule has 6 nitrogen and oxygen atoms in total. The Hall–Kier alpha value is -2.64. The van der Waals surface area contributed by atoms with Crippen LogP contribution in [0.3, 0.4) is 0 Å². The summed E-state index contributed by atoms with van der Waals surface area (Å²) in [5.74, 6) is 0.374. The van der Waals surface area contributed by atoms with Gasteiger partial charge >= 0.3 is 0 Å². The maximum atomic E-state index is 12.2. The van der Waals surface area contributed by atoms with E-state index in [1.54, 1.807) is 6.07 Å². The average Bonchev–Trinajstić information content (AvgIpc) is 2.63. The number of carbonyl (C=O) groups excluding carboxylic acids is 1. The first kappa shape index (κ1) is 19.7. The standard InChI is InChI=1S/C19H22N2O4S/c1-3-10-21-26(23,24)18-9-5-7-16(14-18)19(22)20-11-12-25-17-8-4-6-15(2)13-17/h3-9,13-14,21H,1,10-12H2,2H3,(H,20,22). The number of carbonyl (C=O) groups is 1. The highest BCUT2D eigenvalue weighted by Crippen LogP contribution is 2.13. The zero-order valence-electron chi connectivity index (χ0n) is 14.6. The smallest absolute Gasteiger partial charge is 0.251 e. The zero-order chi connectivity index (χ0) is 19.0. The van der Waals surface area contributed by atoms with E-state index in [4.69, 9.17) is 4.74 Å². The van der Waals surface area contributed by atoms with E-state index in [-0.39, 0.29) is 22.9 Å². The summed E-state index contributed by atoms with van der Waals surface area (Å²) >= 11 is 0. The first-order chi connectivity index (χ1) is 12.4. The van der Waals surface area contributed by atoms with Crippen LogP contribution in [0, 0.1) is 6.92 Å². The van der Waals surface area contributed by atoms with Gasteiger partial charge in [-0.15, -0.1) is 6.58 Å². The molecule has 7 heteroatoms. The van der Waals surface area contributed by atoms with Crippen molar-refractivity contribution in [1.82, 2.24) is 10.0 Å². The first-order valence-corrected chi connectivity index (χ1v) is 9.59. The summed E-state index contributed by atoms with van der Waals surface area (Å²) in [4.78, 5) is 12.2. The molecule has 2 rings (SSSR count). The lowest BCUT2D eigenvalue weighted by molar-refractivity contribution is 0.0946. The molecule has 2 aromatic carbocycles. The fourth-order valence-electron chi connectivity index (χ4n) is 2.20. The molecule has 0 unspecified atom stereocenters. The van der Waals surface area contributed by atoms with Crippen molar-refractivity contribution in [2.75, 3.05) is 19.7 Å². The molecule has 0 fully saturated rings. The van der Waals surface area contributed by atoms with Gasteiger partial charge < -0.3 is 10.1 Å². The minimum Gasteiger partial charge on any atom is -0.492 e. The normalized spacial score (nSPS) is 11.0. The second-order valence-electron chi connectivity index (χ2n) is 5.59. The van der Waals surface area contributed by atoms with Crippen LogP contribution in [0.25, 0.3) is 0 Å². The quantitative estimate of drug-likeness (QED) is 0.521. The van der Waals surface area contributed by atoms with Gasteiger partial charge in [0.05, 0.1) is 11.4 Å². The van der Waals surface area contributed by atoms with Crippen molar-refractivity contribution < 1.29 is 17.9 Å². The minimum atomic E-state index is -3.67. The van der Waals surface area contributed by atoms with Crippen LogP contribution in [0.5, 0.6) is 5.75 Å². The van der Waals surface area contributed by atoms with Crippen LogP contribution in [0.2, 0.25) is 0 Å². The number of rotatable bonds is 9. The molecule has 0 aromatic heterocycles. The van der Waals surface area contributed by atoms with E-state index < -0.39 is 10.0 Å². The van der Waals surface area contributed by atoms with Crippen molar-refractivity contribution in [3.8, 4) is 5.75 Å². The van der Waals surface area contributed by atoms with Gasteiger partial charge in [0.1, 0.15) is 12.4 Å². The van der Waals surface area contributed by atoms with Gasteiger partial charge in [-0.3, -0.25) is 4.79 Å². The second-order valence-corrected chi connectivity index (χ2v) is 7.36. The third kappa shape index (κ3) is 5.72. The SMILES string of the molecule is C=CCNS(=O)(=O)c1cccc(C(=O)NCCOc2cccc(C)c2)c1. The summed E-state index contributed by atoms with van der Waals surface area (Å²) < 4.78 is 32.1. The summed E-state index contributed by atoms with van der Waals surface area (Å²) in [5, 5.41) is 2.71. The lowest BCUT2D eigenvalue weighted by Gasteiger charge is -2.09. The van der Waals surface area contributed by atoms with E-state index in [0.29, 0.717) is 13.2 Å². The monoisotopic (exact) mass is 374 g/mol. The second kappa shape index (κ2) is 9.17. The number of hydrogen-bond acceptors (Lipinski definition) is 4. The van der Waals surface area contributed by atoms with E-state index in [1.807, 2.05) is 31.2 Å². The van der Waals surface area contributed by atoms with Gasteiger partial charge in [0.2, 0.25) is 10.0 Å². The van der Waals surface area contributed by atoms with Gasteiger partial charge in [0.25, 0.3) is 5.91 Å². The van der Waals surface area contributed by atoms with Gasteiger partial charge in [0, 0.05) is 12.1 Å². The molecule has 0 atom stereocenters. The van der Waals surface area contributed by atoms with Gasteiger partial charge in [-0.25, -0.2) is 13.1 Å². The number of ether oxygens (including phenoxy) is 1. The number of amides is 1. The molecule has 26 heavy (non-hydrogen) atoms. The number of hydrogen-bond donors (Lipinski definition) is 2. The molecule has 0 aliphatic rings. The predicted molar refractivity (Wildman–Crippen MR) is 101 cm³/mol. The van der Waals surface area contributed by atoms with E-state index >= 15 is 0 Å². The molecule has 138 valence electrons. The van der Waals surface area contributed by atoms with E-state index in [2.05, 4.69) is 16.6 Å². The number of nitrogens with one attached hydrogen (secondary N) is 2. The van der Waals surface area contributed by atoms with Crippen LogP contribution in [-0.4, -0.2) is 34.0 Å². The van der Waals surface area contributed by atoms with Crippen molar-refractivity contribution in [2.45, 2.75) is 11.8 Å². The number of benzene rings is 2. The molecular weight excluding hydrogens is 352 g/mol. The van der Waals surface area contributed by atoms with Crippen LogP contribution in [0.1, 0.15) is 15.9 Å². The Balaban J connectivity index is 1.91. The van der Waals surface area contributed by atoms with Crippen molar-refractivity contribution >= 4 is 15.9 Å². The van der Waals surface area contributed by atoms with E-state index in [1.165, 1.54) is 24.3 Å². The number of aryl methyl sites for hydroxylation is 1. The molecule has 0 saturated carbocycles. The molecule has 2 aromatic rings. The van der Waals surface area contributed by atoms with Gasteiger partial charge in [-0.2, -0.15) is 0 Å². The zero-order valence-corrected chi connectivity index (χ0v) is 15.4. The molecule has 0 saturated heterocycles. The van der Waals surface area contributed by atoms with Crippen molar-refractivity contribution in [3.05, 3.63) is 72.3 Å². The Morgan fingerprint density at radius 2 is 1.96 bits per heavy atom. The third-order valence-corrected chi connectivity index (χ3v) is 4.89. The lowest BCUT2D eigenvalue weighted by Crippen LogP contribution is -2.28. The summed E-state index contributed by atoms with van der Waals surface area (Å²) in [7, 11) is -3.67. The molecule has 1 amide bonds. The van der Waals surface area contributed by atoms with Gasteiger partial charge in [-0.05, 0) is 42.8 Å². The molecule has 2 N–H and O–H groups in total. The molecule has 0 radical (unpaired) electrons. The summed E-state index contributed by atoms with van der Waals surface area (Å²) in [6, 6.07) is 13.5.